The molecule has 2 aromatic carbocycles. The number of halogens is 1. The largest absolute Gasteiger partial charge is 0.493 e. The lowest BCUT2D eigenvalue weighted by Crippen LogP contribution is -2.41. The molecule has 0 spiro atoms. The van der Waals surface area contributed by atoms with Gasteiger partial charge in [-0.1, -0.05) is 6.07 Å². The summed E-state index contributed by atoms with van der Waals surface area (Å²) in [5.74, 6) is 2.49. The smallest absolute Gasteiger partial charge is 0.203 e. The monoisotopic (exact) mass is 419 g/mol. The Morgan fingerprint density at radius 3 is 2.43 bits per heavy atom. The third kappa shape index (κ3) is 6.43. The number of ether oxygens (including phenoxy) is 4. The quantitative estimate of drug-likeness (QED) is 0.454. The summed E-state index contributed by atoms with van der Waals surface area (Å²) in [7, 11) is 4.73. The molecular weight excluding hydrogens is 389 g/mol. The van der Waals surface area contributed by atoms with E-state index in [0.717, 1.165) is 5.56 Å². The van der Waals surface area contributed by atoms with Crippen LogP contribution in [0.1, 0.15) is 19.4 Å². The van der Waals surface area contributed by atoms with Gasteiger partial charge in [-0.15, -0.1) is 0 Å². The van der Waals surface area contributed by atoms with E-state index in [9.17, 15) is 4.39 Å². The minimum absolute atomic E-state index is 0.189. The van der Waals surface area contributed by atoms with E-state index in [1.165, 1.54) is 12.1 Å². The SMILES string of the molecule is CCNC(=NCc1ccc(OC)c(OC)c1OC)NCC(C)Oc1cccc(F)c1. The fourth-order valence-electron chi connectivity index (χ4n) is 2.85. The van der Waals surface area contributed by atoms with Gasteiger partial charge >= 0.3 is 0 Å². The molecule has 0 aliphatic rings. The van der Waals surface area contributed by atoms with E-state index in [1.54, 1.807) is 33.5 Å². The molecule has 0 bridgehead atoms. The molecule has 0 fully saturated rings. The van der Waals surface area contributed by atoms with E-state index in [2.05, 4.69) is 15.6 Å². The fraction of sp³-hybridized carbons (Fsp3) is 0.409. The second kappa shape index (κ2) is 11.7. The molecule has 2 aromatic rings. The lowest BCUT2D eigenvalue weighted by atomic mass is 10.1. The van der Waals surface area contributed by atoms with Gasteiger partial charge in [0.2, 0.25) is 5.75 Å². The zero-order valence-electron chi connectivity index (χ0n) is 18.1. The van der Waals surface area contributed by atoms with Crippen molar-refractivity contribution in [2.24, 2.45) is 4.99 Å². The van der Waals surface area contributed by atoms with Crippen LogP contribution < -0.4 is 29.6 Å². The van der Waals surface area contributed by atoms with E-state index in [4.69, 9.17) is 18.9 Å². The van der Waals surface area contributed by atoms with E-state index >= 15 is 0 Å². The molecule has 7 nitrogen and oxygen atoms in total. The number of guanidine groups is 1. The summed E-state index contributed by atoms with van der Waals surface area (Å²) in [6.45, 7) is 5.46. The topological polar surface area (TPSA) is 73.3 Å². The van der Waals surface area contributed by atoms with Crippen LogP contribution in [0.2, 0.25) is 0 Å². The Morgan fingerprint density at radius 1 is 1.03 bits per heavy atom. The highest BCUT2D eigenvalue weighted by atomic mass is 19.1. The van der Waals surface area contributed by atoms with Crippen molar-refractivity contribution in [2.45, 2.75) is 26.5 Å². The maximum Gasteiger partial charge on any atom is 0.203 e. The zero-order valence-corrected chi connectivity index (χ0v) is 18.1. The third-order valence-electron chi connectivity index (χ3n) is 4.23. The first kappa shape index (κ1) is 23.1. The lowest BCUT2D eigenvalue weighted by molar-refractivity contribution is 0.223. The molecule has 0 radical (unpaired) electrons. The van der Waals surface area contributed by atoms with E-state index in [1.807, 2.05) is 26.0 Å². The molecule has 2 rings (SSSR count). The molecular formula is C22H30FN3O4. The van der Waals surface area contributed by atoms with Gasteiger partial charge in [0.15, 0.2) is 17.5 Å². The lowest BCUT2D eigenvalue weighted by Gasteiger charge is -2.18. The number of benzene rings is 2. The van der Waals surface area contributed by atoms with Crippen LogP contribution in [0.3, 0.4) is 0 Å². The first-order chi connectivity index (χ1) is 14.5. The van der Waals surface area contributed by atoms with Crippen LogP contribution in [0, 0.1) is 5.82 Å². The number of rotatable bonds is 10. The van der Waals surface area contributed by atoms with Crippen molar-refractivity contribution in [2.75, 3.05) is 34.4 Å². The van der Waals surface area contributed by atoms with Gasteiger partial charge in [0, 0.05) is 18.2 Å². The van der Waals surface area contributed by atoms with Crippen LogP contribution in [-0.4, -0.2) is 46.5 Å². The molecule has 0 aliphatic heterocycles. The zero-order chi connectivity index (χ0) is 21.9. The van der Waals surface area contributed by atoms with Gasteiger partial charge < -0.3 is 29.6 Å². The number of methoxy groups -OCH3 is 3. The molecule has 2 N–H and O–H groups in total. The summed E-state index contributed by atoms with van der Waals surface area (Å²) in [4.78, 5) is 4.62. The van der Waals surface area contributed by atoms with Crippen LogP contribution in [0.4, 0.5) is 4.39 Å². The highest BCUT2D eigenvalue weighted by Crippen LogP contribution is 2.39. The molecule has 164 valence electrons. The molecule has 1 atom stereocenters. The minimum Gasteiger partial charge on any atom is -0.493 e. The second-order valence-corrected chi connectivity index (χ2v) is 6.46. The summed E-state index contributed by atoms with van der Waals surface area (Å²) >= 11 is 0. The average molecular weight is 419 g/mol. The van der Waals surface area contributed by atoms with Crippen molar-refractivity contribution in [3.63, 3.8) is 0 Å². The summed E-state index contributed by atoms with van der Waals surface area (Å²) in [6.07, 6.45) is -0.189. The standard InChI is InChI=1S/C22H30FN3O4/c1-6-24-22(25-13-15(2)30-18-9-7-8-17(23)12-18)26-14-16-10-11-19(27-3)21(29-5)20(16)28-4/h7-12,15H,6,13-14H2,1-5H3,(H2,24,25,26). The average Bonchev–Trinajstić information content (AvgIpc) is 2.74. The van der Waals surface area contributed by atoms with Gasteiger partial charge in [-0.2, -0.15) is 0 Å². The third-order valence-corrected chi connectivity index (χ3v) is 4.23. The van der Waals surface area contributed by atoms with Crippen molar-refractivity contribution in [3.8, 4) is 23.0 Å². The Kier molecular flexibility index (Phi) is 9.05. The van der Waals surface area contributed by atoms with E-state index in [0.29, 0.717) is 48.6 Å². The maximum absolute atomic E-state index is 13.3. The molecule has 0 heterocycles. The normalized spacial score (nSPS) is 12.1. The van der Waals surface area contributed by atoms with Crippen LogP contribution in [0.25, 0.3) is 0 Å². The maximum atomic E-state index is 13.3. The first-order valence-corrected chi connectivity index (χ1v) is 9.74. The molecule has 0 aromatic heterocycles. The number of hydrogen-bond donors (Lipinski definition) is 2. The Morgan fingerprint density at radius 2 is 1.80 bits per heavy atom. The molecule has 0 aliphatic carbocycles. The highest BCUT2D eigenvalue weighted by Gasteiger charge is 2.15. The summed E-state index contributed by atoms with van der Waals surface area (Å²) in [5, 5.41) is 6.43. The molecule has 8 heteroatoms. The van der Waals surface area contributed by atoms with Crippen molar-refractivity contribution < 1.29 is 23.3 Å². The highest BCUT2D eigenvalue weighted by molar-refractivity contribution is 5.79. The summed E-state index contributed by atoms with van der Waals surface area (Å²) in [6, 6.07) is 9.80. The second-order valence-electron chi connectivity index (χ2n) is 6.46. The van der Waals surface area contributed by atoms with Crippen molar-refractivity contribution >= 4 is 5.96 Å². The Hall–Kier alpha value is -3.16. The molecule has 0 saturated carbocycles. The minimum atomic E-state index is -0.327. The van der Waals surface area contributed by atoms with Crippen LogP contribution in [0.15, 0.2) is 41.4 Å². The fourth-order valence-corrected chi connectivity index (χ4v) is 2.85. The van der Waals surface area contributed by atoms with Crippen LogP contribution in [0.5, 0.6) is 23.0 Å². The van der Waals surface area contributed by atoms with Crippen molar-refractivity contribution in [1.29, 1.82) is 0 Å². The predicted octanol–water partition coefficient (Wildman–Crippen LogP) is 3.37. The van der Waals surface area contributed by atoms with Crippen molar-refractivity contribution in [1.82, 2.24) is 10.6 Å². The molecule has 1 unspecified atom stereocenters. The van der Waals surface area contributed by atoms with Gasteiger partial charge in [0.1, 0.15) is 17.7 Å². The van der Waals surface area contributed by atoms with Gasteiger partial charge in [-0.3, -0.25) is 0 Å². The molecule has 30 heavy (non-hydrogen) atoms. The summed E-state index contributed by atoms with van der Waals surface area (Å²) in [5.41, 5.74) is 0.858. The van der Waals surface area contributed by atoms with E-state index in [-0.39, 0.29) is 11.9 Å². The first-order valence-electron chi connectivity index (χ1n) is 9.74. The number of nitrogens with zero attached hydrogens (tertiary/aromatic N) is 1. The van der Waals surface area contributed by atoms with Crippen LogP contribution in [-0.2, 0) is 6.54 Å². The van der Waals surface area contributed by atoms with Crippen molar-refractivity contribution in [3.05, 3.63) is 47.8 Å². The van der Waals surface area contributed by atoms with Gasteiger partial charge in [-0.25, -0.2) is 9.38 Å². The van der Waals surface area contributed by atoms with Gasteiger partial charge in [0.05, 0.1) is 34.4 Å². The van der Waals surface area contributed by atoms with Gasteiger partial charge in [-0.05, 0) is 38.1 Å². The number of hydrogen-bond acceptors (Lipinski definition) is 5. The molecule has 0 saturated heterocycles. The predicted molar refractivity (Wildman–Crippen MR) is 115 cm³/mol. The number of aliphatic imine (C=N–C) groups is 1. The molecule has 0 amide bonds. The Bertz CT molecular complexity index is 845. The van der Waals surface area contributed by atoms with E-state index < -0.39 is 0 Å². The van der Waals surface area contributed by atoms with Gasteiger partial charge in [0.25, 0.3) is 0 Å². The number of nitrogens with one attached hydrogen (secondary N) is 2. The summed E-state index contributed by atoms with van der Waals surface area (Å²) < 4.78 is 35.3. The van der Waals surface area contributed by atoms with Crippen LogP contribution >= 0.6 is 0 Å². The Labute approximate surface area is 177 Å². The Balaban J connectivity index is 2.05.